The van der Waals surface area contributed by atoms with Crippen molar-refractivity contribution in [3.63, 3.8) is 0 Å². The van der Waals surface area contributed by atoms with E-state index in [9.17, 15) is 23.7 Å². The van der Waals surface area contributed by atoms with Crippen molar-refractivity contribution in [1.82, 2.24) is 4.98 Å². The maximum absolute atomic E-state index is 12.5. The molecule has 0 saturated carbocycles. The highest BCUT2D eigenvalue weighted by atomic mass is 35.5. The van der Waals surface area contributed by atoms with Gasteiger partial charge in [-0.05, 0) is 11.6 Å². The Kier molecular flexibility index (Phi) is 3.65. The predicted molar refractivity (Wildman–Crippen MR) is 50.7 cm³/mol. The number of halogens is 3. The molecule has 9 heteroatoms. The third-order valence-corrected chi connectivity index (χ3v) is 1.96. The van der Waals surface area contributed by atoms with Crippen LogP contribution in [0.15, 0.2) is 6.07 Å². The van der Waals surface area contributed by atoms with Gasteiger partial charge in [0.05, 0.1) is 10.5 Å². The number of carbonyl (C=O) groups excluding carboxylic acids is 1. The highest BCUT2D eigenvalue weighted by Crippen LogP contribution is 2.27. The fourth-order valence-corrected chi connectivity index (χ4v) is 1.21. The van der Waals surface area contributed by atoms with Gasteiger partial charge >= 0.3 is 5.69 Å². The lowest BCUT2D eigenvalue weighted by molar-refractivity contribution is -0.385. The summed E-state index contributed by atoms with van der Waals surface area (Å²) in [5, 5.41) is 17.7. The van der Waals surface area contributed by atoms with Gasteiger partial charge in [0, 0.05) is 6.07 Å². The zero-order valence-corrected chi connectivity index (χ0v) is 8.61. The lowest BCUT2D eigenvalue weighted by atomic mass is 10.1. The second kappa shape index (κ2) is 4.80. The molecule has 88 valence electrons. The molecule has 1 heterocycles. The second-order valence-corrected chi connectivity index (χ2v) is 3.08. The summed E-state index contributed by atoms with van der Waals surface area (Å²) >= 11 is 5.01. The first-order chi connectivity index (χ1) is 7.88. The highest BCUT2D eigenvalue weighted by Gasteiger charge is 2.26. The Morgan fingerprint density at radius 2 is 2.24 bits per heavy atom. The zero-order chi connectivity index (χ0) is 13.2. The molecule has 1 rings (SSSR count). The standard InChI is InChI=1S/C8H2ClF2N3O3/c9-7(15)3-1-5(14(16)17)4(2-12)13-6(3)8(10)11/h1,8H. The lowest BCUT2D eigenvalue weighted by Gasteiger charge is -2.04. The summed E-state index contributed by atoms with van der Waals surface area (Å²) in [6, 6.07) is 1.81. The SMILES string of the molecule is N#Cc1nc(C(F)F)c(C(=O)Cl)cc1[N+](=O)[O-]. The molecular weight excluding hydrogens is 260 g/mol. The molecule has 6 nitrogen and oxygen atoms in total. The molecule has 0 aliphatic rings. The smallest absolute Gasteiger partial charge is 0.276 e. The zero-order valence-electron chi connectivity index (χ0n) is 7.85. The van der Waals surface area contributed by atoms with Gasteiger partial charge in [0.2, 0.25) is 5.69 Å². The average Bonchev–Trinajstić information content (AvgIpc) is 2.26. The van der Waals surface area contributed by atoms with Crippen LogP contribution in [0.5, 0.6) is 0 Å². The number of carbonyl (C=O) groups is 1. The van der Waals surface area contributed by atoms with Gasteiger partial charge < -0.3 is 0 Å². The van der Waals surface area contributed by atoms with Crippen LogP contribution in [0.3, 0.4) is 0 Å². The van der Waals surface area contributed by atoms with Crippen LogP contribution in [0.25, 0.3) is 0 Å². The largest absolute Gasteiger partial charge is 0.306 e. The van der Waals surface area contributed by atoms with Crippen LogP contribution in [0.1, 0.15) is 28.2 Å². The second-order valence-electron chi connectivity index (χ2n) is 2.73. The number of pyridine rings is 1. The summed E-state index contributed by atoms with van der Waals surface area (Å²) in [4.78, 5) is 23.4. The molecule has 1 aromatic rings. The molecule has 0 aromatic carbocycles. The van der Waals surface area contributed by atoms with Crippen molar-refractivity contribution in [2.45, 2.75) is 6.43 Å². The molecular formula is C8H2ClF2N3O3. The molecule has 0 bridgehead atoms. The van der Waals surface area contributed by atoms with Crippen LogP contribution >= 0.6 is 11.6 Å². The normalized spacial score (nSPS) is 10.1. The topological polar surface area (TPSA) is 96.9 Å². The molecule has 0 spiro atoms. The Hall–Kier alpha value is -2.14. The molecule has 0 radical (unpaired) electrons. The van der Waals surface area contributed by atoms with Gasteiger partial charge in [-0.15, -0.1) is 0 Å². The molecule has 0 aliphatic heterocycles. The quantitative estimate of drug-likeness (QED) is 0.472. The predicted octanol–water partition coefficient (Wildman–Crippen LogP) is 2.18. The molecule has 0 unspecified atom stereocenters. The van der Waals surface area contributed by atoms with Crippen LogP contribution in [0.2, 0.25) is 0 Å². The Morgan fingerprint density at radius 1 is 1.65 bits per heavy atom. The summed E-state index contributed by atoms with van der Waals surface area (Å²) in [5.41, 5.74) is -3.48. The van der Waals surface area contributed by atoms with Gasteiger partial charge in [-0.2, -0.15) is 5.26 Å². The molecule has 0 atom stereocenters. The van der Waals surface area contributed by atoms with E-state index >= 15 is 0 Å². The number of nitriles is 1. The van der Waals surface area contributed by atoms with Gasteiger partial charge in [0.15, 0.2) is 0 Å². The van der Waals surface area contributed by atoms with Crippen molar-refractivity contribution in [2.24, 2.45) is 0 Å². The number of alkyl halides is 2. The van der Waals surface area contributed by atoms with Crippen molar-refractivity contribution in [3.8, 4) is 6.07 Å². The van der Waals surface area contributed by atoms with Crippen molar-refractivity contribution >= 4 is 22.5 Å². The third-order valence-electron chi connectivity index (χ3n) is 1.75. The maximum atomic E-state index is 12.5. The van der Waals surface area contributed by atoms with Crippen molar-refractivity contribution in [2.75, 3.05) is 0 Å². The minimum absolute atomic E-state index is 0.516. The molecule has 17 heavy (non-hydrogen) atoms. The van der Waals surface area contributed by atoms with Gasteiger partial charge in [-0.3, -0.25) is 14.9 Å². The summed E-state index contributed by atoms with van der Waals surface area (Å²) < 4.78 is 25.0. The van der Waals surface area contributed by atoms with Crippen molar-refractivity contribution in [1.29, 1.82) is 5.26 Å². The molecule has 0 fully saturated rings. The molecule has 0 saturated heterocycles. The minimum atomic E-state index is -3.17. The van der Waals surface area contributed by atoms with Crippen LogP contribution < -0.4 is 0 Å². The summed E-state index contributed by atoms with van der Waals surface area (Å²) in [6.45, 7) is 0. The van der Waals surface area contributed by atoms with Gasteiger partial charge in [-0.25, -0.2) is 13.8 Å². The van der Waals surface area contributed by atoms with E-state index in [1.807, 2.05) is 0 Å². The first-order valence-corrected chi connectivity index (χ1v) is 4.33. The first-order valence-electron chi connectivity index (χ1n) is 3.96. The number of aromatic nitrogens is 1. The van der Waals surface area contributed by atoms with E-state index < -0.39 is 39.2 Å². The summed E-state index contributed by atoms with van der Waals surface area (Å²) in [5.74, 6) is 0. The number of nitrogens with zero attached hydrogens (tertiary/aromatic N) is 3. The average molecular weight is 262 g/mol. The number of rotatable bonds is 3. The van der Waals surface area contributed by atoms with Gasteiger partial charge in [0.1, 0.15) is 11.8 Å². The van der Waals surface area contributed by atoms with Gasteiger partial charge in [-0.1, -0.05) is 0 Å². The van der Waals surface area contributed by atoms with Crippen molar-refractivity contribution in [3.05, 3.63) is 33.1 Å². The summed E-state index contributed by atoms with van der Waals surface area (Å²) in [6.07, 6.45) is -3.17. The van der Waals surface area contributed by atoms with E-state index in [0.717, 1.165) is 0 Å². The number of hydrogen-bond acceptors (Lipinski definition) is 5. The number of hydrogen-bond donors (Lipinski definition) is 0. The summed E-state index contributed by atoms with van der Waals surface area (Å²) in [7, 11) is 0. The van der Waals surface area contributed by atoms with E-state index in [-0.39, 0.29) is 0 Å². The van der Waals surface area contributed by atoms with Crippen LogP contribution in [0, 0.1) is 21.4 Å². The molecule has 0 amide bonds. The van der Waals surface area contributed by atoms with Crippen LogP contribution in [-0.4, -0.2) is 15.1 Å². The fourth-order valence-electron chi connectivity index (χ4n) is 1.06. The fraction of sp³-hybridized carbons (Fsp3) is 0.125. The monoisotopic (exact) mass is 261 g/mol. The third kappa shape index (κ3) is 2.51. The Labute approximate surface area is 97.6 Å². The van der Waals surface area contributed by atoms with Gasteiger partial charge in [0.25, 0.3) is 11.7 Å². The van der Waals surface area contributed by atoms with E-state index in [1.54, 1.807) is 0 Å². The maximum Gasteiger partial charge on any atom is 0.306 e. The van der Waals surface area contributed by atoms with E-state index in [0.29, 0.717) is 6.07 Å². The lowest BCUT2D eigenvalue weighted by Crippen LogP contribution is -2.06. The van der Waals surface area contributed by atoms with E-state index in [1.165, 1.54) is 6.07 Å². The Balaban J connectivity index is 3.61. The first kappa shape index (κ1) is 12.9. The van der Waals surface area contributed by atoms with Crippen molar-refractivity contribution < 1.29 is 18.5 Å². The van der Waals surface area contributed by atoms with E-state index in [4.69, 9.17) is 16.9 Å². The Bertz CT molecular complexity index is 542. The molecule has 0 aliphatic carbocycles. The van der Waals surface area contributed by atoms with Crippen LogP contribution in [0.4, 0.5) is 14.5 Å². The van der Waals surface area contributed by atoms with E-state index in [2.05, 4.69) is 4.98 Å². The number of nitro groups is 1. The minimum Gasteiger partial charge on any atom is -0.276 e. The highest BCUT2D eigenvalue weighted by molar-refractivity contribution is 6.67. The molecule has 0 N–H and O–H groups in total. The Morgan fingerprint density at radius 3 is 2.59 bits per heavy atom. The van der Waals surface area contributed by atoms with Crippen LogP contribution in [-0.2, 0) is 0 Å². The molecule has 1 aromatic heterocycles.